The van der Waals surface area contributed by atoms with Crippen LogP contribution in [0.25, 0.3) is 11.3 Å². The van der Waals surface area contributed by atoms with Crippen LogP contribution in [0, 0.1) is 6.92 Å². The first-order chi connectivity index (χ1) is 7.31. The molecule has 0 amide bonds. The average Bonchev–Trinajstić information content (AvgIpc) is 2.30. The number of methoxy groups -OCH3 is 1. The van der Waals surface area contributed by atoms with Crippen molar-refractivity contribution in [2.75, 3.05) is 7.11 Å². The van der Waals surface area contributed by atoms with Crippen molar-refractivity contribution in [3.05, 3.63) is 42.1 Å². The molecular formula is C12H12N2O. The molecule has 0 saturated heterocycles. The molecule has 0 atom stereocenters. The molecule has 0 N–H and O–H groups in total. The Morgan fingerprint density at radius 1 is 1.13 bits per heavy atom. The van der Waals surface area contributed by atoms with Gasteiger partial charge in [0, 0.05) is 11.8 Å². The maximum atomic E-state index is 4.99. The van der Waals surface area contributed by atoms with Gasteiger partial charge in [0.15, 0.2) is 0 Å². The zero-order valence-corrected chi connectivity index (χ0v) is 8.77. The normalized spacial score (nSPS) is 10.0. The first-order valence-electron chi connectivity index (χ1n) is 4.74. The topological polar surface area (TPSA) is 35.0 Å². The molecule has 0 bridgehead atoms. The first-order valence-corrected chi connectivity index (χ1v) is 4.74. The molecule has 0 aliphatic carbocycles. The summed E-state index contributed by atoms with van der Waals surface area (Å²) in [6.45, 7) is 2.06. The quantitative estimate of drug-likeness (QED) is 0.747. The van der Waals surface area contributed by atoms with Crippen LogP contribution in [0.15, 0.2) is 36.5 Å². The lowest BCUT2D eigenvalue weighted by atomic mass is 10.1. The number of aryl methyl sites for hydroxylation is 1. The van der Waals surface area contributed by atoms with Crippen LogP contribution >= 0.6 is 0 Å². The third kappa shape index (κ3) is 1.96. The molecule has 2 rings (SSSR count). The highest BCUT2D eigenvalue weighted by atomic mass is 16.5. The minimum absolute atomic E-state index is 0.399. The smallest absolute Gasteiger partial charge is 0.316 e. The summed E-state index contributed by atoms with van der Waals surface area (Å²) in [7, 11) is 1.57. The minimum Gasteiger partial charge on any atom is -0.467 e. The van der Waals surface area contributed by atoms with Gasteiger partial charge in [-0.05, 0) is 18.6 Å². The van der Waals surface area contributed by atoms with E-state index >= 15 is 0 Å². The third-order valence-electron chi connectivity index (χ3n) is 2.24. The molecule has 76 valence electrons. The molecule has 0 radical (unpaired) electrons. The standard InChI is InChI=1S/C12H12N2O/c1-9-5-3-4-6-10(9)11-7-8-13-12(14-11)15-2/h3-8H,1-2H3. The zero-order chi connectivity index (χ0) is 10.7. The van der Waals surface area contributed by atoms with Gasteiger partial charge >= 0.3 is 6.01 Å². The van der Waals surface area contributed by atoms with Crippen LogP contribution in [-0.2, 0) is 0 Å². The maximum absolute atomic E-state index is 4.99. The van der Waals surface area contributed by atoms with Crippen molar-refractivity contribution in [1.82, 2.24) is 9.97 Å². The van der Waals surface area contributed by atoms with Crippen LogP contribution in [-0.4, -0.2) is 17.1 Å². The van der Waals surface area contributed by atoms with E-state index in [1.54, 1.807) is 13.3 Å². The average molecular weight is 200 g/mol. The number of hydrogen-bond acceptors (Lipinski definition) is 3. The molecule has 15 heavy (non-hydrogen) atoms. The van der Waals surface area contributed by atoms with Gasteiger partial charge in [0.1, 0.15) is 0 Å². The van der Waals surface area contributed by atoms with Gasteiger partial charge in [-0.15, -0.1) is 0 Å². The maximum Gasteiger partial charge on any atom is 0.316 e. The predicted molar refractivity (Wildman–Crippen MR) is 58.8 cm³/mol. The second kappa shape index (κ2) is 4.09. The van der Waals surface area contributed by atoms with E-state index in [1.165, 1.54) is 5.56 Å². The number of nitrogens with zero attached hydrogens (tertiary/aromatic N) is 2. The van der Waals surface area contributed by atoms with Gasteiger partial charge in [-0.2, -0.15) is 4.98 Å². The van der Waals surface area contributed by atoms with Gasteiger partial charge in [-0.3, -0.25) is 0 Å². The summed E-state index contributed by atoms with van der Waals surface area (Å²) in [6, 6.07) is 10.4. The summed E-state index contributed by atoms with van der Waals surface area (Å²) in [5.74, 6) is 0. The van der Waals surface area contributed by atoms with E-state index in [4.69, 9.17) is 4.74 Å². The van der Waals surface area contributed by atoms with Crippen LogP contribution in [0.5, 0.6) is 6.01 Å². The summed E-state index contributed by atoms with van der Waals surface area (Å²) in [4.78, 5) is 8.27. The highest BCUT2D eigenvalue weighted by Gasteiger charge is 2.03. The summed E-state index contributed by atoms with van der Waals surface area (Å²) in [5.41, 5.74) is 3.19. The molecule has 1 aromatic carbocycles. The van der Waals surface area contributed by atoms with Crippen LogP contribution in [0.3, 0.4) is 0 Å². The fourth-order valence-electron chi connectivity index (χ4n) is 1.45. The predicted octanol–water partition coefficient (Wildman–Crippen LogP) is 2.46. The molecule has 0 aliphatic heterocycles. The summed E-state index contributed by atoms with van der Waals surface area (Å²) in [6.07, 6.45) is 1.70. The Labute approximate surface area is 88.8 Å². The summed E-state index contributed by atoms with van der Waals surface area (Å²) >= 11 is 0. The molecule has 1 aromatic heterocycles. The molecule has 3 nitrogen and oxygen atoms in total. The Balaban J connectivity index is 2.49. The zero-order valence-electron chi connectivity index (χ0n) is 8.77. The highest BCUT2D eigenvalue weighted by molar-refractivity contribution is 5.62. The molecule has 0 fully saturated rings. The van der Waals surface area contributed by atoms with E-state index < -0.39 is 0 Å². The van der Waals surface area contributed by atoms with Gasteiger partial charge in [0.2, 0.25) is 0 Å². The fourth-order valence-corrected chi connectivity index (χ4v) is 1.45. The van der Waals surface area contributed by atoms with E-state index in [-0.39, 0.29) is 0 Å². The summed E-state index contributed by atoms with van der Waals surface area (Å²) in [5, 5.41) is 0. The van der Waals surface area contributed by atoms with Crippen molar-refractivity contribution in [3.63, 3.8) is 0 Å². The van der Waals surface area contributed by atoms with Crippen molar-refractivity contribution in [3.8, 4) is 17.3 Å². The van der Waals surface area contributed by atoms with E-state index in [9.17, 15) is 0 Å². The van der Waals surface area contributed by atoms with E-state index in [1.807, 2.05) is 24.3 Å². The van der Waals surface area contributed by atoms with Crippen molar-refractivity contribution >= 4 is 0 Å². The Bertz CT molecular complexity index is 469. The van der Waals surface area contributed by atoms with Crippen LogP contribution < -0.4 is 4.74 Å². The number of ether oxygens (including phenoxy) is 1. The largest absolute Gasteiger partial charge is 0.467 e. The molecule has 2 aromatic rings. The molecule has 0 saturated carbocycles. The molecule has 0 unspecified atom stereocenters. The molecule has 0 aliphatic rings. The van der Waals surface area contributed by atoms with Gasteiger partial charge in [-0.25, -0.2) is 4.98 Å². The number of rotatable bonds is 2. The summed E-state index contributed by atoms with van der Waals surface area (Å²) < 4.78 is 4.99. The second-order valence-corrected chi connectivity index (χ2v) is 3.24. The van der Waals surface area contributed by atoms with E-state index in [0.717, 1.165) is 11.3 Å². The molecule has 3 heteroatoms. The Hall–Kier alpha value is -1.90. The van der Waals surface area contributed by atoms with Gasteiger partial charge in [-0.1, -0.05) is 24.3 Å². The lowest BCUT2D eigenvalue weighted by molar-refractivity contribution is 0.380. The second-order valence-electron chi connectivity index (χ2n) is 3.24. The molecular weight excluding hydrogens is 188 g/mol. The Kier molecular flexibility index (Phi) is 2.63. The van der Waals surface area contributed by atoms with E-state index in [0.29, 0.717) is 6.01 Å². The SMILES string of the molecule is COc1nccc(-c2ccccc2C)n1. The van der Waals surface area contributed by atoms with Crippen molar-refractivity contribution in [1.29, 1.82) is 0 Å². The van der Waals surface area contributed by atoms with Gasteiger partial charge in [0.05, 0.1) is 12.8 Å². The monoisotopic (exact) mass is 200 g/mol. The number of hydrogen-bond donors (Lipinski definition) is 0. The van der Waals surface area contributed by atoms with Gasteiger partial charge < -0.3 is 4.74 Å². The lowest BCUT2D eigenvalue weighted by Gasteiger charge is -2.05. The Morgan fingerprint density at radius 2 is 1.93 bits per heavy atom. The first kappa shape index (κ1) is 9.65. The lowest BCUT2D eigenvalue weighted by Crippen LogP contribution is -1.93. The van der Waals surface area contributed by atoms with Crippen LogP contribution in [0.1, 0.15) is 5.56 Å². The van der Waals surface area contributed by atoms with E-state index in [2.05, 4.69) is 23.0 Å². The number of benzene rings is 1. The van der Waals surface area contributed by atoms with Crippen molar-refractivity contribution in [2.24, 2.45) is 0 Å². The van der Waals surface area contributed by atoms with Crippen LogP contribution in [0.4, 0.5) is 0 Å². The molecule has 0 spiro atoms. The van der Waals surface area contributed by atoms with Crippen LogP contribution in [0.2, 0.25) is 0 Å². The fraction of sp³-hybridized carbons (Fsp3) is 0.167. The van der Waals surface area contributed by atoms with Crippen molar-refractivity contribution < 1.29 is 4.74 Å². The number of aromatic nitrogens is 2. The van der Waals surface area contributed by atoms with Gasteiger partial charge in [0.25, 0.3) is 0 Å². The van der Waals surface area contributed by atoms with Crippen molar-refractivity contribution in [2.45, 2.75) is 6.92 Å². The molecule has 1 heterocycles. The highest BCUT2D eigenvalue weighted by Crippen LogP contribution is 2.21. The minimum atomic E-state index is 0.399. The third-order valence-corrected chi connectivity index (χ3v) is 2.24. The Morgan fingerprint density at radius 3 is 2.67 bits per heavy atom.